The standard InChI is InChI=1S/C12H11ClN4O3/c1-2-9-15-10(17-16-9)11(18)14-6-3-4-7(12(19)20)8(13)5-6/h3-5H,2H2,1H3,(H,14,18)(H,19,20)(H,15,16,17). The maximum atomic E-state index is 11.9. The second kappa shape index (κ2) is 5.70. The number of carbonyl (C=O) groups is 2. The lowest BCUT2D eigenvalue weighted by atomic mass is 10.2. The van der Waals surface area contributed by atoms with Gasteiger partial charge in [0, 0.05) is 12.1 Å². The fourth-order valence-electron chi connectivity index (χ4n) is 1.51. The topological polar surface area (TPSA) is 108 Å². The Kier molecular flexibility index (Phi) is 3.99. The number of amides is 1. The van der Waals surface area contributed by atoms with E-state index in [0.717, 1.165) is 0 Å². The van der Waals surface area contributed by atoms with Crippen molar-refractivity contribution in [3.05, 3.63) is 40.4 Å². The van der Waals surface area contributed by atoms with Gasteiger partial charge in [-0.05, 0) is 18.2 Å². The Labute approximate surface area is 119 Å². The van der Waals surface area contributed by atoms with Gasteiger partial charge in [0.2, 0.25) is 5.82 Å². The van der Waals surface area contributed by atoms with Crippen molar-refractivity contribution in [2.75, 3.05) is 5.32 Å². The van der Waals surface area contributed by atoms with Crippen LogP contribution in [0.5, 0.6) is 0 Å². The molecule has 0 aliphatic carbocycles. The highest BCUT2D eigenvalue weighted by Gasteiger charge is 2.14. The Morgan fingerprint density at radius 2 is 2.20 bits per heavy atom. The van der Waals surface area contributed by atoms with E-state index in [9.17, 15) is 9.59 Å². The van der Waals surface area contributed by atoms with E-state index in [1.165, 1.54) is 18.2 Å². The molecule has 0 unspecified atom stereocenters. The first-order chi connectivity index (χ1) is 9.51. The summed E-state index contributed by atoms with van der Waals surface area (Å²) in [6, 6.07) is 4.12. The molecule has 20 heavy (non-hydrogen) atoms. The molecule has 1 aromatic heterocycles. The molecular weight excluding hydrogens is 284 g/mol. The Balaban J connectivity index is 2.15. The van der Waals surface area contributed by atoms with E-state index in [0.29, 0.717) is 17.9 Å². The van der Waals surface area contributed by atoms with Crippen LogP contribution in [-0.4, -0.2) is 32.2 Å². The van der Waals surface area contributed by atoms with E-state index in [-0.39, 0.29) is 16.4 Å². The molecule has 1 heterocycles. The van der Waals surface area contributed by atoms with E-state index in [4.69, 9.17) is 16.7 Å². The lowest BCUT2D eigenvalue weighted by Gasteiger charge is -2.04. The largest absolute Gasteiger partial charge is 0.478 e. The molecule has 0 fully saturated rings. The minimum Gasteiger partial charge on any atom is -0.478 e. The fraction of sp³-hybridized carbons (Fsp3) is 0.167. The van der Waals surface area contributed by atoms with Crippen molar-refractivity contribution in [3.63, 3.8) is 0 Å². The normalized spacial score (nSPS) is 10.3. The molecule has 0 aliphatic rings. The number of carboxylic acids is 1. The first kappa shape index (κ1) is 14.0. The van der Waals surface area contributed by atoms with Crippen molar-refractivity contribution < 1.29 is 14.7 Å². The number of aromatic amines is 1. The molecule has 1 aromatic carbocycles. The predicted octanol–water partition coefficient (Wildman–Crippen LogP) is 1.97. The lowest BCUT2D eigenvalue weighted by Crippen LogP contribution is -2.14. The fourth-order valence-corrected chi connectivity index (χ4v) is 1.77. The van der Waals surface area contributed by atoms with Crippen LogP contribution >= 0.6 is 11.6 Å². The van der Waals surface area contributed by atoms with Crippen LogP contribution in [0.4, 0.5) is 5.69 Å². The smallest absolute Gasteiger partial charge is 0.337 e. The molecule has 0 saturated carbocycles. The SMILES string of the molecule is CCc1nc(C(=O)Nc2ccc(C(=O)O)c(Cl)c2)n[nH]1. The molecule has 8 heteroatoms. The van der Waals surface area contributed by atoms with Gasteiger partial charge >= 0.3 is 5.97 Å². The number of aryl methyl sites for hydroxylation is 1. The quantitative estimate of drug-likeness (QED) is 0.799. The van der Waals surface area contributed by atoms with Gasteiger partial charge in [0.25, 0.3) is 5.91 Å². The van der Waals surface area contributed by atoms with Gasteiger partial charge in [-0.1, -0.05) is 18.5 Å². The van der Waals surface area contributed by atoms with E-state index < -0.39 is 11.9 Å². The summed E-state index contributed by atoms with van der Waals surface area (Å²) in [4.78, 5) is 26.7. The number of aromatic carboxylic acids is 1. The Bertz CT molecular complexity index is 668. The van der Waals surface area contributed by atoms with Crippen LogP contribution in [0, 0.1) is 0 Å². The van der Waals surface area contributed by atoms with Gasteiger partial charge in [-0.25, -0.2) is 9.78 Å². The first-order valence-corrected chi connectivity index (χ1v) is 6.14. The highest BCUT2D eigenvalue weighted by molar-refractivity contribution is 6.33. The van der Waals surface area contributed by atoms with E-state index in [1.807, 2.05) is 6.92 Å². The molecule has 0 spiro atoms. The van der Waals surface area contributed by atoms with Gasteiger partial charge in [-0.3, -0.25) is 9.89 Å². The van der Waals surface area contributed by atoms with Crippen molar-refractivity contribution in [1.82, 2.24) is 15.2 Å². The summed E-state index contributed by atoms with van der Waals surface area (Å²) in [5, 5.41) is 17.8. The molecule has 2 rings (SSSR count). The number of rotatable bonds is 4. The number of nitrogens with one attached hydrogen (secondary N) is 2. The number of carbonyl (C=O) groups excluding carboxylic acids is 1. The van der Waals surface area contributed by atoms with Crippen molar-refractivity contribution >= 4 is 29.2 Å². The number of anilines is 1. The van der Waals surface area contributed by atoms with Gasteiger partial charge in [-0.2, -0.15) is 0 Å². The third-order valence-corrected chi connectivity index (χ3v) is 2.84. The maximum absolute atomic E-state index is 11.9. The second-order valence-electron chi connectivity index (χ2n) is 3.91. The zero-order valence-corrected chi connectivity index (χ0v) is 11.2. The first-order valence-electron chi connectivity index (χ1n) is 5.76. The molecule has 0 aliphatic heterocycles. The third-order valence-electron chi connectivity index (χ3n) is 2.53. The summed E-state index contributed by atoms with van der Waals surface area (Å²) in [7, 11) is 0. The third kappa shape index (κ3) is 2.94. The Morgan fingerprint density at radius 3 is 2.75 bits per heavy atom. The zero-order valence-electron chi connectivity index (χ0n) is 10.5. The number of H-pyrrole nitrogens is 1. The van der Waals surface area contributed by atoms with Crippen molar-refractivity contribution in [2.45, 2.75) is 13.3 Å². The van der Waals surface area contributed by atoms with Crippen LogP contribution in [-0.2, 0) is 6.42 Å². The van der Waals surface area contributed by atoms with Gasteiger partial charge in [-0.15, -0.1) is 5.10 Å². The summed E-state index contributed by atoms with van der Waals surface area (Å²) in [5.41, 5.74) is 0.337. The summed E-state index contributed by atoms with van der Waals surface area (Å²) >= 11 is 5.81. The zero-order chi connectivity index (χ0) is 14.7. The molecule has 3 N–H and O–H groups in total. The molecule has 0 radical (unpaired) electrons. The molecule has 0 bridgehead atoms. The molecule has 104 valence electrons. The summed E-state index contributed by atoms with van der Waals surface area (Å²) < 4.78 is 0. The molecular formula is C12H11ClN4O3. The minimum atomic E-state index is -1.13. The highest BCUT2D eigenvalue weighted by atomic mass is 35.5. The summed E-state index contributed by atoms with van der Waals surface area (Å²) in [6.07, 6.45) is 0.638. The average Bonchev–Trinajstić information content (AvgIpc) is 2.87. The number of hydrogen-bond donors (Lipinski definition) is 3. The summed E-state index contributed by atoms with van der Waals surface area (Å²) in [6.45, 7) is 1.88. The monoisotopic (exact) mass is 294 g/mol. The summed E-state index contributed by atoms with van der Waals surface area (Å²) in [5.74, 6) is -1.01. The number of hydrogen-bond acceptors (Lipinski definition) is 4. The van der Waals surface area contributed by atoms with E-state index in [1.54, 1.807) is 0 Å². The van der Waals surface area contributed by atoms with Crippen LogP contribution in [0.3, 0.4) is 0 Å². The number of carboxylic acid groups (broad SMARTS) is 1. The molecule has 0 atom stereocenters. The predicted molar refractivity (Wildman–Crippen MR) is 72.1 cm³/mol. The van der Waals surface area contributed by atoms with E-state index >= 15 is 0 Å². The van der Waals surface area contributed by atoms with Crippen LogP contribution in [0.1, 0.15) is 33.7 Å². The molecule has 1 amide bonds. The number of nitrogens with zero attached hydrogens (tertiary/aromatic N) is 2. The molecule has 7 nitrogen and oxygen atoms in total. The van der Waals surface area contributed by atoms with Gasteiger partial charge < -0.3 is 10.4 Å². The van der Waals surface area contributed by atoms with Crippen LogP contribution < -0.4 is 5.32 Å². The molecule has 0 saturated heterocycles. The minimum absolute atomic E-state index is 0.0142. The lowest BCUT2D eigenvalue weighted by molar-refractivity contribution is 0.0697. The van der Waals surface area contributed by atoms with Gasteiger partial charge in [0.15, 0.2) is 0 Å². The Morgan fingerprint density at radius 1 is 1.45 bits per heavy atom. The number of halogens is 1. The molecule has 2 aromatic rings. The highest BCUT2D eigenvalue weighted by Crippen LogP contribution is 2.21. The van der Waals surface area contributed by atoms with Gasteiger partial charge in [0.05, 0.1) is 10.6 Å². The number of aromatic nitrogens is 3. The second-order valence-corrected chi connectivity index (χ2v) is 4.32. The van der Waals surface area contributed by atoms with E-state index in [2.05, 4.69) is 20.5 Å². The van der Waals surface area contributed by atoms with Crippen molar-refractivity contribution in [2.24, 2.45) is 0 Å². The maximum Gasteiger partial charge on any atom is 0.337 e. The van der Waals surface area contributed by atoms with Crippen molar-refractivity contribution in [3.8, 4) is 0 Å². The van der Waals surface area contributed by atoms with Crippen molar-refractivity contribution in [1.29, 1.82) is 0 Å². The number of benzene rings is 1. The average molecular weight is 295 g/mol. The van der Waals surface area contributed by atoms with Crippen LogP contribution in [0.15, 0.2) is 18.2 Å². The van der Waals surface area contributed by atoms with Gasteiger partial charge in [0.1, 0.15) is 5.82 Å². The van der Waals surface area contributed by atoms with Crippen LogP contribution in [0.25, 0.3) is 0 Å². The van der Waals surface area contributed by atoms with Crippen LogP contribution in [0.2, 0.25) is 5.02 Å². The Hall–Kier alpha value is -2.41.